The Morgan fingerprint density at radius 2 is 1.07 bits per heavy atom. The quantitative estimate of drug-likeness (QED) is 0.0317. The van der Waals surface area contributed by atoms with Gasteiger partial charge in [0, 0.05) is 119 Å². The molecule has 0 aliphatic carbocycles. The minimum Gasteiger partial charge on any atom is -0.394 e. The number of nitrogens with two attached hydrogens (primary N) is 3. The molecule has 0 spiro atoms. The number of para-hydroxylation sites is 2. The van der Waals surface area contributed by atoms with Gasteiger partial charge in [0.05, 0.1) is 38.2 Å². The third-order valence-electron chi connectivity index (χ3n) is 22.4. The highest BCUT2D eigenvalue weighted by molar-refractivity contribution is 8.00. The van der Waals surface area contributed by atoms with Crippen molar-refractivity contribution in [3.63, 3.8) is 0 Å². The molecule has 0 saturated carbocycles. The number of aliphatic hydroxyl groups is 1. The molecule has 2 aliphatic heterocycles. The van der Waals surface area contributed by atoms with Crippen LogP contribution in [0.15, 0.2) is 104 Å². The lowest BCUT2D eigenvalue weighted by molar-refractivity contribution is -0.149. The zero-order valence-electron chi connectivity index (χ0n) is 73.0. The first kappa shape index (κ1) is 99.6. The molecule has 0 radical (unpaired) electrons. The van der Waals surface area contributed by atoms with Crippen LogP contribution in [-0.4, -0.2) is 301 Å². The lowest BCUT2D eigenvalue weighted by Gasteiger charge is -2.36. The van der Waals surface area contributed by atoms with E-state index >= 15 is 14.4 Å². The molecule has 127 heavy (non-hydrogen) atoms. The van der Waals surface area contributed by atoms with Crippen LogP contribution in [0.5, 0.6) is 0 Å². The van der Waals surface area contributed by atoms with Crippen molar-refractivity contribution in [2.24, 2.45) is 23.1 Å². The molecule has 17 amide bonds. The summed E-state index contributed by atoms with van der Waals surface area (Å²) in [7, 11) is 5.24. The predicted octanol–water partition coefficient (Wildman–Crippen LogP) is -2.44. The molecule has 13 atom stereocenters. The molecule has 2 saturated heterocycles. The number of carbonyl (C=O) groups is 17. The number of fused-ring (bicyclic) bond motifs is 3. The number of rotatable bonds is 23. The molecule has 6 aromatic rings. The van der Waals surface area contributed by atoms with Crippen molar-refractivity contribution >= 4 is 134 Å². The van der Waals surface area contributed by atoms with Gasteiger partial charge in [0.1, 0.15) is 78.5 Å². The number of carbonyl (C=O) groups excluding carboxylic acids is 17. The summed E-state index contributed by atoms with van der Waals surface area (Å²) in [5.41, 5.74) is 20.6. The first-order chi connectivity index (χ1) is 60.6. The minimum atomic E-state index is -1.84. The van der Waals surface area contributed by atoms with Crippen LogP contribution in [0.3, 0.4) is 0 Å². The van der Waals surface area contributed by atoms with E-state index < -0.39 is 223 Å². The second-order valence-electron chi connectivity index (χ2n) is 32.4. The molecule has 688 valence electrons. The average molecular weight is 1780 g/mol. The number of aromatic nitrogens is 4. The largest absolute Gasteiger partial charge is 0.394 e. The van der Waals surface area contributed by atoms with Crippen LogP contribution in [-0.2, 0) is 107 Å². The maximum absolute atomic E-state index is 15.6. The minimum absolute atomic E-state index is 0.00957. The van der Waals surface area contributed by atoms with Gasteiger partial charge in [-0.3, -0.25) is 81.5 Å². The number of benzene rings is 3. The van der Waals surface area contributed by atoms with Gasteiger partial charge in [0.2, 0.25) is 100 Å². The number of aliphatic hydroxyl groups excluding tert-OH is 1. The van der Waals surface area contributed by atoms with Crippen molar-refractivity contribution in [1.82, 2.24) is 97.6 Å². The lowest BCUT2D eigenvalue weighted by atomic mass is 10.00. The van der Waals surface area contributed by atoms with Crippen molar-refractivity contribution in [1.29, 1.82) is 0 Å². The maximum atomic E-state index is 15.6. The second kappa shape index (κ2) is 48.1. The van der Waals surface area contributed by atoms with E-state index in [1.165, 1.54) is 47.6 Å². The average Bonchev–Trinajstić information content (AvgIpc) is 1.73. The smallest absolute Gasteiger partial charge is 0.246 e. The van der Waals surface area contributed by atoms with E-state index in [-0.39, 0.29) is 70.3 Å². The predicted molar refractivity (Wildman–Crippen MR) is 470 cm³/mol. The second-order valence-corrected chi connectivity index (χ2v) is 33.4. The van der Waals surface area contributed by atoms with Crippen molar-refractivity contribution in [3.05, 3.63) is 126 Å². The van der Waals surface area contributed by atoms with E-state index in [4.69, 9.17) is 17.2 Å². The number of hydrogen-bond acceptors (Lipinski definition) is 21. The number of nitrogens with zero attached hydrogens (tertiary/aromatic N) is 6. The fourth-order valence-corrected chi connectivity index (χ4v) is 16.1. The third-order valence-corrected chi connectivity index (χ3v) is 23.4. The SMILES string of the molecule is CCCCC1C(=O)N(C)C(CCCC)C(=O)NC(CN)C(=O)NC(C(=O)NCC(N)=O)CSCC(=O)NC(Cc2ccccc2)C(=O)N(C)C(C)C(=O)NC(CC(N)=O)C(=O)N2CCCC2C(=O)NC(Cc2cnc[nH]2)C(=O)NC(CC(C)C)C(=O)N(C)CC(=O)NC(Cc2c[nH]c3ccccc23)C(=O)NC(CO)C(=O)NC(Cc2c[nH]c3ccccc23)C(=O)N1C. The van der Waals surface area contributed by atoms with E-state index in [1.807, 2.05) is 13.8 Å². The zero-order chi connectivity index (χ0) is 92.9. The van der Waals surface area contributed by atoms with E-state index in [2.05, 4.69) is 73.1 Å². The van der Waals surface area contributed by atoms with Crippen LogP contribution in [0.2, 0.25) is 0 Å². The van der Waals surface area contributed by atoms with Crippen molar-refractivity contribution in [2.75, 3.05) is 72.5 Å². The molecule has 0 bridgehead atoms. The molecule has 5 heterocycles. The maximum Gasteiger partial charge on any atom is 0.246 e. The summed E-state index contributed by atoms with van der Waals surface area (Å²) in [5, 5.41) is 38.6. The summed E-state index contributed by atoms with van der Waals surface area (Å²) >= 11 is 0.794. The van der Waals surface area contributed by atoms with Crippen molar-refractivity contribution in [2.45, 2.75) is 203 Å². The summed E-state index contributed by atoms with van der Waals surface area (Å²) in [5.74, 6) is -16.6. The van der Waals surface area contributed by atoms with E-state index in [0.717, 1.165) is 36.3 Å². The Labute approximate surface area is 739 Å². The first-order valence-corrected chi connectivity index (χ1v) is 43.6. The van der Waals surface area contributed by atoms with Crippen molar-refractivity contribution < 1.29 is 86.6 Å². The van der Waals surface area contributed by atoms with Gasteiger partial charge in [-0.1, -0.05) is 120 Å². The molecule has 3 aromatic heterocycles. The monoisotopic (exact) mass is 1780 g/mol. The molecule has 40 nitrogen and oxygen atoms in total. The Balaban J connectivity index is 1.16. The topological polar surface area (TPSA) is 585 Å². The number of imidazole rings is 1. The van der Waals surface area contributed by atoms with Gasteiger partial charge in [0.25, 0.3) is 0 Å². The van der Waals surface area contributed by atoms with Crippen LogP contribution in [0.4, 0.5) is 0 Å². The number of amides is 17. The first-order valence-electron chi connectivity index (χ1n) is 42.5. The Kier molecular flexibility index (Phi) is 37.7. The van der Waals surface area contributed by atoms with Gasteiger partial charge in [0.15, 0.2) is 0 Å². The van der Waals surface area contributed by atoms with Gasteiger partial charge in [-0.15, -0.1) is 11.8 Å². The van der Waals surface area contributed by atoms with E-state index in [1.54, 1.807) is 105 Å². The van der Waals surface area contributed by atoms with Crippen LogP contribution in [0.25, 0.3) is 21.8 Å². The van der Waals surface area contributed by atoms with Gasteiger partial charge < -0.3 is 115 Å². The van der Waals surface area contributed by atoms with E-state index in [9.17, 15) is 72.2 Å². The Morgan fingerprint density at radius 3 is 1.66 bits per heavy atom. The molecule has 20 N–H and O–H groups in total. The lowest BCUT2D eigenvalue weighted by Crippen LogP contribution is -2.62. The highest BCUT2D eigenvalue weighted by Crippen LogP contribution is 2.26. The van der Waals surface area contributed by atoms with Crippen LogP contribution in [0, 0.1) is 5.92 Å². The standard InChI is InChI=1S/C86H120N22O18S/c1-10-12-28-67-80(120)101-64(38-87)78(118)103-66(75(115)93-42-71(89)111)45-127-46-73(113)96-61(33-50-22-15-14-16-23-50)83(123)105(7)49(5)74(114)98-63(37-70(88)110)85(125)108-31-21-30-68(108)81(121)97-59(36-53-41-90-47-94-53)77(117)99-60(32-48(3)4)82(122)104(6)43-72(112)95-58(34-51-39-91-56-26-19-17-24-54(51)56)76(116)102-65(44-109)79(119)100-62(35-52-40-92-57-27-20-18-25-55(52)57)84(124)107(9)69(29-13-11-2)86(126)106(67)8/h14-20,22-27,39-41,47-49,58-69,91-92,109H,10-13,21,28-38,42-46,87H2,1-9H3,(H2,88,110)(H2,89,111)(H,90,94)(H,93,115)(H,95,112)(H,96,113)(H,97,121)(H,98,114)(H,99,117)(H,100,119)(H,101,120)(H,102,116)(H,103,118). The molecule has 8 rings (SSSR count). The highest BCUT2D eigenvalue weighted by atomic mass is 32.2. The summed E-state index contributed by atoms with van der Waals surface area (Å²) in [6, 6.07) is 3.00. The molecule has 41 heteroatoms. The number of nitrogens with one attached hydrogen (secondary N) is 13. The van der Waals surface area contributed by atoms with Gasteiger partial charge in [-0.05, 0) is 73.8 Å². The van der Waals surface area contributed by atoms with Gasteiger partial charge in [-0.25, -0.2) is 4.98 Å². The number of unbranched alkanes of at least 4 members (excludes halogenated alkanes) is 2. The summed E-state index contributed by atoms with van der Waals surface area (Å²) in [4.78, 5) is 265. The number of primary amides is 2. The van der Waals surface area contributed by atoms with Crippen LogP contribution < -0.4 is 70.4 Å². The Bertz CT molecular complexity index is 4870. The Morgan fingerprint density at radius 1 is 0.543 bits per heavy atom. The van der Waals surface area contributed by atoms with Crippen LogP contribution >= 0.6 is 11.8 Å². The third kappa shape index (κ3) is 28.1. The zero-order valence-corrected chi connectivity index (χ0v) is 73.8. The fraction of sp³-hybridized carbons (Fsp3) is 0.512. The number of aromatic amines is 3. The number of likely N-dealkylation sites (N-methyl/N-ethyl adjacent to an activating group) is 4. The number of thioether (sulfide) groups is 1. The summed E-state index contributed by atoms with van der Waals surface area (Å²) in [6.45, 7) is 5.38. The molecule has 2 aliphatic rings. The van der Waals surface area contributed by atoms with Gasteiger partial charge >= 0.3 is 0 Å². The van der Waals surface area contributed by atoms with Crippen molar-refractivity contribution in [3.8, 4) is 0 Å². The molecular formula is C86H120N22O18S. The number of hydrogen-bond donors (Lipinski definition) is 17. The van der Waals surface area contributed by atoms with Gasteiger partial charge in [-0.2, -0.15) is 0 Å². The fourth-order valence-electron chi connectivity index (χ4n) is 15.2. The summed E-state index contributed by atoms with van der Waals surface area (Å²) in [6.07, 6.45) is 6.29. The van der Waals surface area contributed by atoms with E-state index in [0.29, 0.717) is 69.9 Å². The Hall–Kier alpha value is -12.8. The summed E-state index contributed by atoms with van der Waals surface area (Å²) < 4.78 is 0. The van der Waals surface area contributed by atoms with Crippen LogP contribution in [0.1, 0.15) is 121 Å². The molecule has 13 unspecified atom stereocenters. The highest BCUT2D eigenvalue weighted by Gasteiger charge is 2.44. The molecule has 3 aromatic carbocycles. The molecule has 2 fully saturated rings. The number of H-pyrrole nitrogens is 3. The molecular weight excluding hydrogens is 1660 g/mol. The normalized spacial score (nSPS) is 24.0.